The molecule has 6 nitrogen and oxygen atoms in total. The van der Waals surface area contributed by atoms with E-state index in [0.717, 1.165) is 17.4 Å². The summed E-state index contributed by atoms with van der Waals surface area (Å²) < 4.78 is 5.80. The van der Waals surface area contributed by atoms with Gasteiger partial charge in [-0.25, -0.2) is 0 Å². The number of hydrogen-bond donors (Lipinski definition) is 2. The number of para-hydroxylation sites is 1. The molecule has 1 saturated heterocycles. The number of nitrogens with one attached hydrogen (secondary N) is 1. The molecule has 1 fully saturated rings. The normalized spacial score (nSPS) is 22.0. The topological polar surface area (TPSA) is 82.8 Å². The summed E-state index contributed by atoms with van der Waals surface area (Å²) in [6.07, 6.45) is 0.735. The third-order valence-corrected chi connectivity index (χ3v) is 4.69. The van der Waals surface area contributed by atoms with Crippen molar-refractivity contribution in [3.8, 4) is 0 Å². The number of furan rings is 1. The molecule has 128 valence electrons. The molecule has 3 rings (SSSR count). The van der Waals surface area contributed by atoms with Gasteiger partial charge in [0, 0.05) is 24.0 Å². The molecule has 1 aromatic carbocycles. The average Bonchev–Trinajstić information content (AvgIpc) is 3.16. The number of carbonyl (C=O) groups excluding carboxylic acids is 1. The molecule has 1 aliphatic rings. The summed E-state index contributed by atoms with van der Waals surface area (Å²) in [6.45, 7) is 4.82. The smallest absolute Gasteiger partial charge is 0.317 e. The zero-order valence-corrected chi connectivity index (χ0v) is 13.9. The number of carboxylic acid groups (broad SMARTS) is 1. The molecule has 2 N–H and O–H groups in total. The molecule has 0 aliphatic carbocycles. The van der Waals surface area contributed by atoms with Crippen LogP contribution in [0.5, 0.6) is 0 Å². The Morgan fingerprint density at radius 3 is 2.88 bits per heavy atom. The minimum atomic E-state index is -0.892. The first-order chi connectivity index (χ1) is 11.4. The van der Waals surface area contributed by atoms with E-state index in [1.54, 1.807) is 4.90 Å². The van der Waals surface area contributed by atoms with Crippen molar-refractivity contribution < 1.29 is 19.1 Å². The van der Waals surface area contributed by atoms with E-state index in [2.05, 4.69) is 5.32 Å². The molecule has 6 heteroatoms. The van der Waals surface area contributed by atoms with E-state index >= 15 is 0 Å². The highest BCUT2D eigenvalue weighted by atomic mass is 16.4. The number of rotatable bonds is 5. The third-order valence-electron chi connectivity index (χ3n) is 4.69. The Balaban J connectivity index is 1.69. The molecule has 2 atom stereocenters. The Hall–Kier alpha value is -2.34. The lowest BCUT2D eigenvalue weighted by molar-refractivity contribution is -0.136. The Bertz CT molecular complexity index is 736. The van der Waals surface area contributed by atoms with Gasteiger partial charge in [0.2, 0.25) is 5.91 Å². The number of carbonyl (C=O) groups is 2. The maximum Gasteiger partial charge on any atom is 0.317 e. The standard InChI is InChI=1S/C18H22N2O4/c1-12(15-9-13-5-3-4-6-14(13)24-15)17(23)20-8-7-18(2,11-20)19-10-16(21)22/h3-6,9,12,19H,7-8,10-11H2,1-2H3,(H,21,22)/t12-,18+/m1/s1. The summed E-state index contributed by atoms with van der Waals surface area (Å²) in [5.41, 5.74) is 0.420. The number of nitrogens with zero attached hydrogens (tertiary/aromatic N) is 1. The molecule has 1 aromatic heterocycles. The Morgan fingerprint density at radius 1 is 1.42 bits per heavy atom. The Morgan fingerprint density at radius 2 is 2.17 bits per heavy atom. The van der Waals surface area contributed by atoms with Gasteiger partial charge in [-0.3, -0.25) is 14.9 Å². The van der Waals surface area contributed by atoms with Crippen LogP contribution >= 0.6 is 0 Å². The highest BCUT2D eigenvalue weighted by Gasteiger charge is 2.38. The molecule has 0 radical (unpaired) electrons. The van der Waals surface area contributed by atoms with Crippen molar-refractivity contribution in [2.75, 3.05) is 19.6 Å². The molecule has 24 heavy (non-hydrogen) atoms. The van der Waals surface area contributed by atoms with Gasteiger partial charge in [0.15, 0.2) is 0 Å². The first-order valence-corrected chi connectivity index (χ1v) is 8.12. The first-order valence-electron chi connectivity index (χ1n) is 8.12. The molecular formula is C18H22N2O4. The minimum Gasteiger partial charge on any atom is -0.480 e. The fourth-order valence-corrected chi connectivity index (χ4v) is 3.19. The summed E-state index contributed by atoms with van der Waals surface area (Å²) in [5.74, 6) is -0.584. The zero-order valence-electron chi connectivity index (χ0n) is 13.9. The van der Waals surface area contributed by atoms with Crippen LogP contribution in [-0.4, -0.2) is 47.1 Å². The second-order valence-electron chi connectivity index (χ2n) is 6.73. The second-order valence-corrected chi connectivity index (χ2v) is 6.73. The highest BCUT2D eigenvalue weighted by Crippen LogP contribution is 2.29. The van der Waals surface area contributed by atoms with Crippen LogP contribution in [0.25, 0.3) is 11.0 Å². The van der Waals surface area contributed by atoms with Gasteiger partial charge in [0.1, 0.15) is 11.3 Å². The van der Waals surface area contributed by atoms with E-state index in [1.165, 1.54) is 0 Å². The minimum absolute atomic E-state index is 0.00917. The predicted octanol–water partition coefficient (Wildman–Crippen LogP) is 2.20. The SMILES string of the molecule is C[C@@H](C(=O)N1CC[C@](C)(NCC(=O)O)C1)c1cc2ccccc2o1. The number of likely N-dealkylation sites (tertiary alicyclic amines) is 1. The van der Waals surface area contributed by atoms with Crippen molar-refractivity contribution in [2.45, 2.75) is 31.7 Å². The van der Waals surface area contributed by atoms with E-state index in [4.69, 9.17) is 9.52 Å². The van der Waals surface area contributed by atoms with Crippen LogP contribution in [0.3, 0.4) is 0 Å². The zero-order chi connectivity index (χ0) is 17.3. The second kappa shape index (κ2) is 6.28. The molecule has 2 aromatic rings. The Labute approximate surface area is 140 Å². The summed E-state index contributed by atoms with van der Waals surface area (Å²) in [6, 6.07) is 9.60. The maximum atomic E-state index is 12.8. The summed E-state index contributed by atoms with van der Waals surface area (Å²) >= 11 is 0. The monoisotopic (exact) mass is 330 g/mol. The molecule has 0 unspecified atom stereocenters. The van der Waals surface area contributed by atoms with E-state index in [-0.39, 0.29) is 23.9 Å². The number of hydrogen-bond acceptors (Lipinski definition) is 4. The van der Waals surface area contributed by atoms with Crippen molar-refractivity contribution in [3.63, 3.8) is 0 Å². The molecular weight excluding hydrogens is 308 g/mol. The van der Waals surface area contributed by atoms with Crippen molar-refractivity contribution >= 4 is 22.8 Å². The summed E-state index contributed by atoms with van der Waals surface area (Å²) in [4.78, 5) is 25.3. The van der Waals surface area contributed by atoms with E-state index in [9.17, 15) is 9.59 Å². The van der Waals surface area contributed by atoms with Gasteiger partial charge in [0.05, 0.1) is 12.5 Å². The molecule has 0 spiro atoms. The predicted molar refractivity (Wildman–Crippen MR) is 89.9 cm³/mol. The van der Waals surface area contributed by atoms with Gasteiger partial charge in [0.25, 0.3) is 0 Å². The lowest BCUT2D eigenvalue weighted by Gasteiger charge is -2.26. The lowest BCUT2D eigenvalue weighted by atomic mass is 10.0. The number of benzene rings is 1. The molecule has 1 aliphatic heterocycles. The van der Waals surface area contributed by atoms with Gasteiger partial charge in [-0.05, 0) is 32.4 Å². The quantitative estimate of drug-likeness (QED) is 0.878. The van der Waals surface area contributed by atoms with Crippen LogP contribution in [0.1, 0.15) is 31.9 Å². The van der Waals surface area contributed by atoms with E-state index < -0.39 is 5.97 Å². The van der Waals surface area contributed by atoms with Crippen LogP contribution < -0.4 is 5.32 Å². The third kappa shape index (κ3) is 3.28. The van der Waals surface area contributed by atoms with E-state index in [0.29, 0.717) is 18.8 Å². The fraction of sp³-hybridized carbons (Fsp3) is 0.444. The number of fused-ring (bicyclic) bond motifs is 1. The lowest BCUT2D eigenvalue weighted by Crippen LogP contribution is -2.47. The number of aliphatic carboxylic acids is 1. The van der Waals surface area contributed by atoms with Crippen molar-refractivity contribution in [2.24, 2.45) is 0 Å². The fourth-order valence-electron chi connectivity index (χ4n) is 3.19. The highest BCUT2D eigenvalue weighted by molar-refractivity contribution is 5.85. The van der Waals surface area contributed by atoms with Crippen molar-refractivity contribution in [1.29, 1.82) is 0 Å². The number of carboxylic acids is 1. The summed E-state index contributed by atoms with van der Waals surface area (Å²) in [5, 5.41) is 12.8. The molecule has 0 bridgehead atoms. The number of amides is 1. The van der Waals surface area contributed by atoms with Gasteiger partial charge in [-0.15, -0.1) is 0 Å². The molecule has 2 heterocycles. The average molecular weight is 330 g/mol. The van der Waals surface area contributed by atoms with Crippen LogP contribution in [0.15, 0.2) is 34.7 Å². The maximum absolute atomic E-state index is 12.8. The first kappa shape index (κ1) is 16.5. The summed E-state index contributed by atoms with van der Waals surface area (Å²) in [7, 11) is 0. The van der Waals surface area contributed by atoms with Gasteiger partial charge < -0.3 is 14.4 Å². The van der Waals surface area contributed by atoms with Crippen molar-refractivity contribution in [3.05, 3.63) is 36.1 Å². The molecule has 0 saturated carbocycles. The Kier molecular flexibility index (Phi) is 4.32. The van der Waals surface area contributed by atoms with Crippen LogP contribution in [0.4, 0.5) is 0 Å². The van der Waals surface area contributed by atoms with Gasteiger partial charge >= 0.3 is 5.97 Å². The van der Waals surface area contributed by atoms with Gasteiger partial charge in [-0.1, -0.05) is 18.2 Å². The van der Waals surface area contributed by atoms with Crippen LogP contribution in [0.2, 0.25) is 0 Å². The van der Waals surface area contributed by atoms with Crippen molar-refractivity contribution in [1.82, 2.24) is 10.2 Å². The van der Waals surface area contributed by atoms with Crippen LogP contribution in [-0.2, 0) is 9.59 Å². The molecule has 1 amide bonds. The van der Waals surface area contributed by atoms with Gasteiger partial charge in [-0.2, -0.15) is 0 Å². The largest absolute Gasteiger partial charge is 0.480 e. The van der Waals surface area contributed by atoms with E-state index in [1.807, 2.05) is 44.2 Å². The van der Waals surface area contributed by atoms with Crippen LogP contribution in [0, 0.1) is 0 Å².